The van der Waals surface area contributed by atoms with Crippen LogP contribution >= 0.6 is 38.9 Å². The molecule has 1 aromatic heterocycles. The zero-order valence-corrected chi connectivity index (χ0v) is 14.1. The van der Waals surface area contributed by atoms with Crippen LogP contribution in [0.2, 0.25) is 5.02 Å². The van der Waals surface area contributed by atoms with Crippen LogP contribution in [-0.4, -0.2) is 0 Å². The molecule has 0 saturated heterocycles. The second-order valence-electron chi connectivity index (χ2n) is 4.57. The zero-order valence-electron chi connectivity index (χ0n) is 11.0. The summed E-state index contributed by atoms with van der Waals surface area (Å²) in [5, 5.41) is 6.59. The van der Waals surface area contributed by atoms with E-state index in [4.69, 9.17) is 11.6 Å². The molecule has 1 N–H and O–H groups in total. The quantitative estimate of drug-likeness (QED) is 0.694. The van der Waals surface area contributed by atoms with Gasteiger partial charge in [0.2, 0.25) is 0 Å². The van der Waals surface area contributed by atoms with Crippen molar-refractivity contribution in [2.45, 2.75) is 32.4 Å². The minimum Gasteiger partial charge on any atom is -0.303 e. The second kappa shape index (κ2) is 6.89. The summed E-state index contributed by atoms with van der Waals surface area (Å²) < 4.78 is 1.15. The van der Waals surface area contributed by atoms with Crippen LogP contribution in [0.4, 0.5) is 0 Å². The van der Waals surface area contributed by atoms with Crippen LogP contribution < -0.4 is 5.32 Å². The van der Waals surface area contributed by atoms with Crippen LogP contribution in [0.15, 0.2) is 40.2 Å². The number of hydrogen-bond donors (Lipinski definition) is 1. The van der Waals surface area contributed by atoms with Crippen LogP contribution in [0.5, 0.6) is 0 Å². The molecule has 0 amide bonds. The first kappa shape index (κ1) is 15.0. The summed E-state index contributed by atoms with van der Waals surface area (Å²) in [5.74, 6) is 0. The first-order chi connectivity index (χ1) is 9.10. The van der Waals surface area contributed by atoms with Crippen molar-refractivity contribution in [1.29, 1.82) is 0 Å². The number of hydrogen-bond acceptors (Lipinski definition) is 2. The van der Waals surface area contributed by atoms with Gasteiger partial charge in [0.05, 0.1) is 0 Å². The molecule has 1 nitrogen and oxygen atoms in total. The van der Waals surface area contributed by atoms with Crippen molar-refractivity contribution >= 4 is 38.9 Å². The highest BCUT2D eigenvalue weighted by atomic mass is 79.9. The first-order valence-corrected chi connectivity index (χ1v) is 8.40. The Labute approximate surface area is 132 Å². The molecule has 1 heterocycles. The smallest absolute Gasteiger partial charge is 0.0409 e. The molecule has 2 atom stereocenters. The SMILES string of the molecule is CCC(NC(C)c1cc(Br)cs1)c1cccc(Cl)c1. The molecule has 2 rings (SSSR count). The van der Waals surface area contributed by atoms with Crippen LogP contribution in [0.1, 0.15) is 42.8 Å². The van der Waals surface area contributed by atoms with Gasteiger partial charge in [-0.05, 0) is 53.0 Å². The van der Waals surface area contributed by atoms with E-state index in [0.717, 1.165) is 15.9 Å². The fourth-order valence-electron chi connectivity index (χ4n) is 2.11. The van der Waals surface area contributed by atoms with Crippen molar-refractivity contribution in [3.63, 3.8) is 0 Å². The third-order valence-electron chi connectivity index (χ3n) is 3.12. The van der Waals surface area contributed by atoms with Gasteiger partial charge in [-0.15, -0.1) is 11.3 Å². The highest BCUT2D eigenvalue weighted by molar-refractivity contribution is 9.10. The molecule has 0 aliphatic rings. The molecule has 19 heavy (non-hydrogen) atoms. The van der Waals surface area contributed by atoms with E-state index in [1.807, 2.05) is 18.2 Å². The molecule has 0 saturated carbocycles. The van der Waals surface area contributed by atoms with E-state index in [2.05, 4.69) is 52.6 Å². The molecule has 0 bridgehead atoms. The van der Waals surface area contributed by atoms with Gasteiger partial charge in [0.25, 0.3) is 0 Å². The second-order valence-corrected chi connectivity index (χ2v) is 6.87. The van der Waals surface area contributed by atoms with Crippen molar-refractivity contribution in [2.24, 2.45) is 0 Å². The lowest BCUT2D eigenvalue weighted by molar-refractivity contribution is 0.460. The van der Waals surface area contributed by atoms with Gasteiger partial charge in [-0.2, -0.15) is 0 Å². The maximum absolute atomic E-state index is 6.07. The van der Waals surface area contributed by atoms with E-state index in [1.54, 1.807) is 11.3 Å². The first-order valence-electron chi connectivity index (χ1n) is 6.35. The lowest BCUT2D eigenvalue weighted by Gasteiger charge is -2.22. The maximum Gasteiger partial charge on any atom is 0.0409 e. The van der Waals surface area contributed by atoms with E-state index >= 15 is 0 Å². The largest absolute Gasteiger partial charge is 0.303 e. The Kier molecular flexibility index (Phi) is 5.46. The third-order valence-corrected chi connectivity index (χ3v) is 5.24. The average Bonchev–Trinajstić information content (AvgIpc) is 2.82. The van der Waals surface area contributed by atoms with Gasteiger partial charge >= 0.3 is 0 Å². The highest BCUT2D eigenvalue weighted by Crippen LogP contribution is 2.29. The standard InChI is InChI=1S/C15H17BrClNS/c1-3-14(11-5-4-6-13(17)7-11)18-10(2)15-8-12(16)9-19-15/h4-10,14,18H,3H2,1-2H3. The van der Waals surface area contributed by atoms with Gasteiger partial charge < -0.3 is 5.32 Å². The predicted octanol–water partition coefficient (Wildman–Crippen LogP) is 5.97. The van der Waals surface area contributed by atoms with Crippen molar-refractivity contribution in [2.75, 3.05) is 0 Å². The summed E-state index contributed by atoms with van der Waals surface area (Å²) in [5.41, 5.74) is 1.25. The molecule has 4 heteroatoms. The number of benzene rings is 1. The fraction of sp³-hybridized carbons (Fsp3) is 0.333. The van der Waals surface area contributed by atoms with Crippen LogP contribution in [0.3, 0.4) is 0 Å². The van der Waals surface area contributed by atoms with Gasteiger partial charge in [-0.25, -0.2) is 0 Å². The summed E-state index contributed by atoms with van der Waals surface area (Å²) in [6.45, 7) is 4.39. The molecule has 0 fully saturated rings. The Balaban J connectivity index is 2.11. The van der Waals surface area contributed by atoms with Gasteiger partial charge in [-0.3, -0.25) is 0 Å². The van der Waals surface area contributed by atoms with Gasteiger partial charge in [-0.1, -0.05) is 30.7 Å². The van der Waals surface area contributed by atoms with Gasteiger partial charge in [0.1, 0.15) is 0 Å². The third kappa shape index (κ3) is 4.06. The molecular formula is C15H17BrClNS. The topological polar surface area (TPSA) is 12.0 Å². The predicted molar refractivity (Wildman–Crippen MR) is 88.1 cm³/mol. The Morgan fingerprint density at radius 3 is 2.74 bits per heavy atom. The molecule has 0 radical (unpaired) electrons. The number of rotatable bonds is 5. The Bertz CT molecular complexity index is 540. The monoisotopic (exact) mass is 357 g/mol. The van der Waals surface area contributed by atoms with Gasteiger partial charge in [0.15, 0.2) is 0 Å². The molecule has 2 unspecified atom stereocenters. The van der Waals surface area contributed by atoms with E-state index in [-0.39, 0.29) is 0 Å². The van der Waals surface area contributed by atoms with E-state index in [9.17, 15) is 0 Å². The molecular weight excluding hydrogens is 342 g/mol. The highest BCUT2D eigenvalue weighted by Gasteiger charge is 2.15. The van der Waals surface area contributed by atoms with Crippen LogP contribution in [0, 0.1) is 0 Å². The van der Waals surface area contributed by atoms with Crippen LogP contribution in [0.25, 0.3) is 0 Å². The number of thiophene rings is 1. The molecule has 0 spiro atoms. The Hall–Kier alpha value is -0.350. The summed E-state index contributed by atoms with van der Waals surface area (Å²) in [7, 11) is 0. The molecule has 102 valence electrons. The lowest BCUT2D eigenvalue weighted by Crippen LogP contribution is -2.23. The normalized spacial score (nSPS) is 14.3. The van der Waals surface area contributed by atoms with Crippen molar-refractivity contribution in [3.8, 4) is 0 Å². The van der Waals surface area contributed by atoms with Gasteiger partial charge in [0, 0.05) is 31.8 Å². The number of halogens is 2. The summed E-state index contributed by atoms with van der Waals surface area (Å²) in [4.78, 5) is 1.34. The summed E-state index contributed by atoms with van der Waals surface area (Å²) in [6, 6.07) is 10.9. The molecule has 0 aliphatic heterocycles. The fourth-order valence-corrected chi connectivity index (χ4v) is 3.77. The molecule has 0 aliphatic carbocycles. The summed E-state index contributed by atoms with van der Waals surface area (Å²) >= 11 is 11.3. The zero-order chi connectivity index (χ0) is 13.8. The minimum atomic E-state index is 0.328. The average molecular weight is 359 g/mol. The van der Waals surface area contributed by atoms with Crippen molar-refractivity contribution in [1.82, 2.24) is 5.32 Å². The van der Waals surface area contributed by atoms with E-state index < -0.39 is 0 Å². The Morgan fingerprint density at radius 2 is 2.16 bits per heavy atom. The van der Waals surface area contributed by atoms with Crippen molar-refractivity contribution in [3.05, 3.63) is 55.6 Å². The molecule has 1 aromatic carbocycles. The minimum absolute atomic E-state index is 0.328. The number of nitrogens with one attached hydrogen (secondary N) is 1. The summed E-state index contributed by atoms with van der Waals surface area (Å²) in [6.07, 6.45) is 1.04. The van der Waals surface area contributed by atoms with E-state index in [0.29, 0.717) is 12.1 Å². The van der Waals surface area contributed by atoms with E-state index in [1.165, 1.54) is 10.4 Å². The maximum atomic E-state index is 6.07. The van der Waals surface area contributed by atoms with Crippen LogP contribution in [-0.2, 0) is 0 Å². The Morgan fingerprint density at radius 1 is 1.37 bits per heavy atom. The lowest BCUT2D eigenvalue weighted by atomic mass is 10.0. The van der Waals surface area contributed by atoms with Crippen molar-refractivity contribution < 1.29 is 0 Å². The molecule has 2 aromatic rings.